The van der Waals surface area contributed by atoms with E-state index in [4.69, 9.17) is 5.26 Å². The SMILES string of the molecule is CC(=O)c1cc(C#N)ns1. The number of ketones is 1. The molecule has 0 aromatic carbocycles. The highest BCUT2D eigenvalue weighted by molar-refractivity contribution is 7.08. The molecule has 1 rings (SSSR count). The van der Waals surface area contributed by atoms with Crippen LogP contribution >= 0.6 is 11.5 Å². The minimum atomic E-state index is -0.0426. The molecule has 0 N–H and O–H groups in total. The predicted molar refractivity (Wildman–Crippen MR) is 36.8 cm³/mol. The fourth-order valence-corrected chi connectivity index (χ4v) is 1.08. The Morgan fingerprint density at radius 1 is 1.90 bits per heavy atom. The smallest absolute Gasteiger partial charge is 0.171 e. The van der Waals surface area contributed by atoms with Crippen LogP contribution in [0.4, 0.5) is 0 Å². The van der Waals surface area contributed by atoms with Crippen molar-refractivity contribution in [3.63, 3.8) is 0 Å². The number of carbonyl (C=O) groups is 1. The molecule has 0 bridgehead atoms. The second kappa shape index (κ2) is 2.58. The van der Waals surface area contributed by atoms with Gasteiger partial charge in [0.05, 0.1) is 4.88 Å². The van der Waals surface area contributed by atoms with E-state index < -0.39 is 0 Å². The van der Waals surface area contributed by atoms with Crippen molar-refractivity contribution in [2.24, 2.45) is 0 Å². The van der Waals surface area contributed by atoms with Crippen LogP contribution in [-0.2, 0) is 0 Å². The van der Waals surface area contributed by atoms with E-state index in [0.717, 1.165) is 11.5 Å². The summed E-state index contributed by atoms with van der Waals surface area (Å²) in [6.07, 6.45) is 0. The molecule has 1 aromatic rings. The van der Waals surface area contributed by atoms with Crippen LogP contribution in [0, 0.1) is 11.3 Å². The van der Waals surface area contributed by atoms with Crippen LogP contribution < -0.4 is 0 Å². The van der Waals surface area contributed by atoms with Crippen molar-refractivity contribution >= 4 is 17.3 Å². The summed E-state index contributed by atoms with van der Waals surface area (Å²) in [5.41, 5.74) is 0.315. The summed E-state index contributed by atoms with van der Waals surface area (Å²) in [5, 5.41) is 8.32. The molecule has 0 aliphatic carbocycles. The molecule has 50 valence electrons. The molecule has 0 atom stereocenters. The largest absolute Gasteiger partial charge is 0.294 e. The van der Waals surface area contributed by atoms with Gasteiger partial charge in [0.2, 0.25) is 0 Å². The van der Waals surface area contributed by atoms with E-state index in [1.165, 1.54) is 13.0 Å². The molecule has 0 radical (unpaired) electrons. The average Bonchev–Trinajstić information content (AvgIpc) is 2.34. The van der Waals surface area contributed by atoms with Gasteiger partial charge in [-0.15, -0.1) is 0 Å². The first-order valence-corrected chi connectivity index (χ1v) is 3.39. The van der Waals surface area contributed by atoms with E-state index in [-0.39, 0.29) is 5.78 Å². The highest BCUT2D eigenvalue weighted by atomic mass is 32.1. The van der Waals surface area contributed by atoms with Crippen molar-refractivity contribution in [3.05, 3.63) is 16.6 Å². The summed E-state index contributed by atoms with van der Waals surface area (Å²) in [6, 6.07) is 3.34. The zero-order chi connectivity index (χ0) is 7.56. The van der Waals surface area contributed by atoms with Gasteiger partial charge in [0.15, 0.2) is 11.5 Å². The molecule has 1 aromatic heterocycles. The van der Waals surface area contributed by atoms with Crippen LogP contribution in [0.2, 0.25) is 0 Å². The normalized spacial score (nSPS) is 8.80. The summed E-state index contributed by atoms with van der Waals surface area (Å²) in [4.78, 5) is 11.2. The van der Waals surface area contributed by atoms with Crippen LogP contribution in [0.3, 0.4) is 0 Å². The second-order valence-electron chi connectivity index (χ2n) is 1.74. The molecule has 0 spiro atoms. The van der Waals surface area contributed by atoms with Crippen molar-refractivity contribution in [2.75, 3.05) is 0 Å². The Morgan fingerprint density at radius 2 is 2.60 bits per heavy atom. The molecule has 0 aliphatic heterocycles. The van der Waals surface area contributed by atoms with E-state index in [1.54, 1.807) is 0 Å². The Morgan fingerprint density at radius 3 is 2.90 bits per heavy atom. The summed E-state index contributed by atoms with van der Waals surface area (Å²) in [6.45, 7) is 1.45. The zero-order valence-electron chi connectivity index (χ0n) is 5.29. The van der Waals surface area contributed by atoms with E-state index >= 15 is 0 Å². The molecule has 4 heteroatoms. The molecule has 0 aliphatic rings. The number of Topliss-reactive ketones (excluding diaryl/α,β-unsaturated/α-hetero) is 1. The van der Waals surface area contributed by atoms with Crippen LogP contribution in [0.15, 0.2) is 6.07 Å². The maximum absolute atomic E-state index is 10.6. The molecule has 0 fully saturated rings. The van der Waals surface area contributed by atoms with Gasteiger partial charge < -0.3 is 0 Å². The third kappa shape index (κ3) is 1.20. The van der Waals surface area contributed by atoms with Crippen molar-refractivity contribution in [1.82, 2.24) is 4.37 Å². The Kier molecular flexibility index (Phi) is 1.78. The number of hydrogen-bond donors (Lipinski definition) is 0. The van der Waals surface area contributed by atoms with Crippen LogP contribution in [0.1, 0.15) is 22.3 Å². The third-order valence-corrected chi connectivity index (χ3v) is 1.86. The molecular weight excluding hydrogens is 148 g/mol. The monoisotopic (exact) mass is 152 g/mol. The molecule has 1 heterocycles. The summed E-state index contributed by atoms with van der Waals surface area (Å²) >= 11 is 1.06. The van der Waals surface area contributed by atoms with Crippen molar-refractivity contribution < 1.29 is 4.79 Å². The first kappa shape index (κ1) is 6.90. The highest BCUT2D eigenvalue weighted by Gasteiger charge is 2.03. The van der Waals surface area contributed by atoms with Crippen LogP contribution in [0.25, 0.3) is 0 Å². The van der Waals surface area contributed by atoms with Gasteiger partial charge in [0.1, 0.15) is 6.07 Å². The number of carbonyl (C=O) groups excluding carboxylic acids is 1. The summed E-state index contributed by atoms with van der Waals surface area (Å²) < 4.78 is 3.72. The number of nitrogens with zero attached hydrogens (tertiary/aromatic N) is 2. The molecule has 0 saturated heterocycles. The fraction of sp³-hybridized carbons (Fsp3) is 0.167. The van der Waals surface area contributed by atoms with Gasteiger partial charge in [-0.3, -0.25) is 4.79 Å². The number of hydrogen-bond acceptors (Lipinski definition) is 4. The second-order valence-corrected chi connectivity index (χ2v) is 2.55. The van der Waals surface area contributed by atoms with Crippen molar-refractivity contribution in [2.45, 2.75) is 6.92 Å². The molecule has 0 amide bonds. The van der Waals surface area contributed by atoms with Gasteiger partial charge in [-0.2, -0.15) is 9.64 Å². The molecule has 0 unspecified atom stereocenters. The van der Waals surface area contributed by atoms with Gasteiger partial charge in [-0.1, -0.05) is 0 Å². The standard InChI is InChI=1S/C6H4N2OS/c1-4(9)6-2-5(3-7)8-10-6/h2H,1H3. The lowest BCUT2D eigenvalue weighted by atomic mass is 10.3. The van der Waals surface area contributed by atoms with E-state index in [2.05, 4.69) is 4.37 Å². The van der Waals surface area contributed by atoms with Gasteiger partial charge in [0.25, 0.3) is 0 Å². The van der Waals surface area contributed by atoms with Crippen molar-refractivity contribution in [3.8, 4) is 6.07 Å². The Labute approximate surface area is 62.1 Å². The highest BCUT2D eigenvalue weighted by Crippen LogP contribution is 2.08. The first-order chi connectivity index (χ1) is 4.74. The van der Waals surface area contributed by atoms with Crippen molar-refractivity contribution in [1.29, 1.82) is 5.26 Å². The lowest BCUT2D eigenvalue weighted by Crippen LogP contribution is -1.83. The quantitative estimate of drug-likeness (QED) is 0.568. The first-order valence-electron chi connectivity index (χ1n) is 2.62. The Balaban J connectivity index is 3.02. The van der Waals surface area contributed by atoms with Gasteiger partial charge in [-0.05, 0) is 17.6 Å². The third-order valence-electron chi connectivity index (χ3n) is 0.972. The lowest BCUT2D eigenvalue weighted by Gasteiger charge is -1.78. The van der Waals surface area contributed by atoms with E-state index in [0.29, 0.717) is 10.6 Å². The van der Waals surface area contributed by atoms with Crippen LogP contribution in [0.5, 0.6) is 0 Å². The van der Waals surface area contributed by atoms with Gasteiger partial charge in [0, 0.05) is 6.92 Å². The Bertz CT molecular complexity index is 297. The minimum Gasteiger partial charge on any atom is -0.294 e. The average molecular weight is 152 g/mol. The van der Waals surface area contributed by atoms with E-state index in [1.807, 2.05) is 6.07 Å². The molecule has 3 nitrogen and oxygen atoms in total. The summed E-state index contributed by atoms with van der Waals surface area (Å²) in [5.74, 6) is -0.0426. The van der Waals surface area contributed by atoms with Gasteiger partial charge >= 0.3 is 0 Å². The lowest BCUT2D eigenvalue weighted by molar-refractivity contribution is 0.102. The Hall–Kier alpha value is -1.21. The zero-order valence-corrected chi connectivity index (χ0v) is 6.10. The molecular formula is C6H4N2OS. The number of aromatic nitrogens is 1. The maximum atomic E-state index is 10.6. The van der Waals surface area contributed by atoms with Crippen LogP contribution in [-0.4, -0.2) is 10.2 Å². The molecule has 10 heavy (non-hydrogen) atoms. The molecule has 0 saturated carbocycles. The maximum Gasteiger partial charge on any atom is 0.171 e. The number of rotatable bonds is 1. The number of nitriles is 1. The fourth-order valence-electron chi connectivity index (χ4n) is 0.494. The topological polar surface area (TPSA) is 53.8 Å². The van der Waals surface area contributed by atoms with Gasteiger partial charge in [-0.25, -0.2) is 0 Å². The predicted octanol–water partition coefficient (Wildman–Crippen LogP) is 1.22. The van der Waals surface area contributed by atoms with E-state index in [9.17, 15) is 4.79 Å². The minimum absolute atomic E-state index is 0.0426. The summed E-state index contributed by atoms with van der Waals surface area (Å²) in [7, 11) is 0.